The van der Waals surface area contributed by atoms with Crippen molar-refractivity contribution in [2.45, 2.75) is 90.1 Å². The average Bonchev–Trinajstić information content (AvgIpc) is 2.41. The molecule has 0 atom stereocenters. The van der Waals surface area contributed by atoms with E-state index in [1.54, 1.807) is 0 Å². The fourth-order valence-corrected chi connectivity index (χ4v) is 3.15. The van der Waals surface area contributed by atoms with Crippen LogP contribution >= 0.6 is 0 Å². The van der Waals surface area contributed by atoms with E-state index in [0.29, 0.717) is 12.1 Å². The van der Waals surface area contributed by atoms with Gasteiger partial charge in [0.15, 0.2) is 0 Å². The molecule has 0 aromatic carbocycles. The highest BCUT2D eigenvalue weighted by Crippen LogP contribution is 2.22. The molecule has 2 rings (SSSR count). The molecular weight excluding hydrogens is 220 g/mol. The Hall–Kier alpha value is -0.660. The molecule has 0 unspecified atom stereocenters. The normalized spacial score (nSPS) is 25.4. The third kappa shape index (κ3) is 4.22. The highest BCUT2D eigenvalue weighted by Gasteiger charge is 2.14. The van der Waals surface area contributed by atoms with Gasteiger partial charge in [0, 0.05) is 0 Å². The van der Waals surface area contributed by atoms with Gasteiger partial charge >= 0.3 is 0 Å². The van der Waals surface area contributed by atoms with Gasteiger partial charge in [0.05, 0.1) is 23.5 Å². The maximum Gasteiger partial charge on any atom is 0.0528 e. The summed E-state index contributed by atoms with van der Waals surface area (Å²) in [5, 5.41) is 0. The number of hydrogen-bond donors (Lipinski definition) is 0. The summed E-state index contributed by atoms with van der Waals surface area (Å²) in [5.74, 6) is 0. The van der Waals surface area contributed by atoms with Crippen LogP contribution in [0.5, 0.6) is 0 Å². The van der Waals surface area contributed by atoms with Crippen molar-refractivity contribution in [1.82, 2.24) is 0 Å². The largest absolute Gasteiger partial charge is 0.285 e. The van der Waals surface area contributed by atoms with Crippen molar-refractivity contribution in [1.29, 1.82) is 0 Å². The SMILES string of the molecule is CC(=NC1CCCCC1)C(C)=NC1CCCCC1. The van der Waals surface area contributed by atoms with Crippen molar-refractivity contribution in [3.8, 4) is 0 Å². The lowest BCUT2D eigenvalue weighted by Crippen LogP contribution is -2.18. The van der Waals surface area contributed by atoms with E-state index in [4.69, 9.17) is 9.98 Å². The fourth-order valence-electron chi connectivity index (χ4n) is 3.15. The Balaban J connectivity index is 1.91. The van der Waals surface area contributed by atoms with Crippen LogP contribution in [0.4, 0.5) is 0 Å². The van der Waals surface area contributed by atoms with Gasteiger partial charge in [-0.05, 0) is 39.5 Å². The molecule has 0 radical (unpaired) electrons. The molecular formula is C16H28N2. The number of rotatable bonds is 3. The summed E-state index contributed by atoms with van der Waals surface area (Å²) in [5.41, 5.74) is 2.37. The molecule has 0 heterocycles. The van der Waals surface area contributed by atoms with E-state index in [1.807, 2.05) is 0 Å². The van der Waals surface area contributed by atoms with Crippen molar-refractivity contribution in [3.05, 3.63) is 0 Å². The highest BCUT2D eigenvalue weighted by atomic mass is 14.9. The van der Waals surface area contributed by atoms with Crippen molar-refractivity contribution in [2.24, 2.45) is 9.98 Å². The van der Waals surface area contributed by atoms with Crippen LogP contribution in [-0.4, -0.2) is 23.5 Å². The van der Waals surface area contributed by atoms with E-state index >= 15 is 0 Å². The first-order valence-corrected chi connectivity index (χ1v) is 7.85. The Morgan fingerprint density at radius 3 is 1.28 bits per heavy atom. The fraction of sp³-hybridized carbons (Fsp3) is 0.875. The van der Waals surface area contributed by atoms with E-state index in [9.17, 15) is 0 Å². The van der Waals surface area contributed by atoms with Gasteiger partial charge in [0.2, 0.25) is 0 Å². The van der Waals surface area contributed by atoms with Gasteiger partial charge in [0.25, 0.3) is 0 Å². The van der Waals surface area contributed by atoms with E-state index in [-0.39, 0.29) is 0 Å². The number of hydrogen-bond acceptors (Lipinski definition) is 2. The van der Waals surface area contributed by atoms with Crippen molar-refractivity contribution >= 4 is 11.4 Å². The van der Waals surface area contributed by atoms with Gasteiger partial charge in [-0.25, -0.2) is 0 Å². The molecule has 0 bridgehead atoms. The first kappa shape index (κ1) is 13.8. The van der Waals surface area contributed by atoms with E-state index < -0.39 is 0 Å². The molecule has 2 heteroatoms. The lowest BCUT2D eigenvalue weighted by atomic mass is 9.95. The van der Waals surface area contributed by atoms with Crippen molar-refractivity contribution < 1.29 is 0 Å². The average molecular weight is 248 g/mol. The molecule has 0 spiro atoms. The zero-order chi connectivity index (χ0) is 12.8. The van der Waals surface area contributed by atoms with Crippen LogP contribution in [0.2, 0.25) is 0 Å². The molecule has 0 aromatic rings. The molecule has 2 fully saturated rings. The highest BCUT2D eigenvalue weighted by molar-refractivity contribution is 6.40. The minimum Gasteiger partial charge on any atom is -0.285 e. The second kappa shape index (κ2) is 7.06. The van der Waals surface area contributed by atoms with E-state index in [1.165, 1.54) is 75.6 Å². The number of nitrogens with zero attached hydrogens (tertiary/aromatic N) is 2. The second-order valence-corrected chi connectivity index (χ2v) is 6.01. The lowest BCUT2D eigenvalue weighted by molar-refractivity contribution is 0.442. The minimum atomic E-state index is 0.579. The monoisotopic (exact) mass is 248 g/mol. The Labute approximate surface area is 112 Å². The minimum absolute atomic E-state index is 0.579. The van der Waals surface area contributed by atoms with Gasteiger partial charge < -0.3 is 0 Å². The van der Waals surface area contributed by atoms with Crippen LogP contribution in [-0.2, 0) is 0 Å². The van der Waals surface area contributed by atoms with Crippen molar-refractivity contribution in [2.75, 3.05) is 0 Å². The third-order valence-electron chi connectivity index (χ3n) is 4.43. The van der Waals surface area contributed by atoms with Crippen LogP contribution in [0.3, 0.4) is 0 Å². The van der Waals surface area contributed by atoms with Gasteiger partial charge in [0.1, 0.15) is 0 Å². The first-order chi connectivity index (χ1) is 8.75. The van der Waals surface area contributed by atoms with Crippen LogP contribution in [0.25, 0.3) is 0 Å². The van der Waals surface area contributed by atoms with Crippen LogP contribution in [0, 0.1) is 0 Å². The predicted octanol–water partition coefficient (Wildman–Crippen LogP) is 4.57. The van der Waals surface area contributed by atoms with Gasteiger partial charge in [-0.15, -0.1) is 0 Å². The van der Waals surface area contributed by atoms with Crippen molar-refractivity contribution in [3.63, 3.8) is 0 Å². The molecule has 2 aliphatic rings. The van der Waals surface area contributed by atoms with E-state index in [0.717, 1.165) is 0 Å². The second-order valence-electron chi connectivity index (χ2n) is 6.01. The Kier molecular flexibility index (Phi) is 5.40. The molecule has 2 aliphatic carbocycles. The summed E-state index contributed by atoms with van der Waals surface area (Å²) in [6, 6.07) is 1.16. The molecule has 0 amide bonds. The molecule has 102 valence electrons. The first-order valence-electron chi connectivity index (χ1n) is 7.85. The van der Waals surface area contributed by atoms with Gasteiger partial charge in [-0.3, -0.25) is 9.98 Å². The smallest absolute Gasteiger partial charge is 0.0528 e. The zero-order valence-corrected chi connectivity index (χ0v) is 12.1. The maximum absolute atomic E-state index is 4.89. The third-order valence-corrected chi connectivity index (χ3v) is 4.43. The molecule has 0 N–H and O–H groups in total. The molecule has 2 nitrogen and oxygen atoms in total. The van der Waals surface area contributed by atoms with Crippen LogP contribution < -0.4 is 0 Å². The molecule has 18 heavy (non-hydrogen) atoms. The molecule has 0 aliphatic heterocycles. The summed E-state index contributed by atoms with van der Waals surface area (Å²) < 4.78 is 0. The Morgan fingerprint density at radius 2 is 0.944 bits per heavy atom. The zero-order valence-electron chi connectivity index (χ0n) is 12.1. The number of aliphatic imine (C=N–C) groups is 2. The van der Waals surface area contributed by atoms with Crippen LogP contribution in [0.15, 0.2) is 9.98 Å². The standard InChI is InChI=1S/C16H28N2/c1-13(17-15-9-5-3-6-10-15)14(2)18-16-11-7-4-8-12-16/h15-16H,3-12H2,1-2H3. The van der Waals surface area contributed by atoms with E-state index in [2.05, 4.69) is 13.8 Å². The molecule has 0 aromatic heterocycles. The predicted molar refractivity (Wildman–Crippen MR) is 80.0 cm³/mol. The summed E-state index contributed by atoms with van der Waals surface area (Å²) in [6.07, 6.45) is 13.4. The Morgan fingerprint density at radius 1 is 0.611 bits per heavy atom. The van der Waals surface area contributed by atoms with Gasteiger partial charge in [-0.2, -0.15) is 0 Å². The molecule has 0 saturated heterocycles. The lowest BCUT2D eigenvalue weighted by Gasteiger charge is -2.20. The van der Waals surface area contributed by atoms with Crippen LogP contribution in [0.1, 0.15) is 78.1 Å². The summed E-state index contributed by atoms with van der Waals surface area (Å²) >= 11 is 0. The topological polar surface area (TPSA) is 24.7 Å². The quantitative estimate of drug-likeness (QED) is 0.653. The summed E-state index contributed by atoms with van der Waals surface area (Å²) in [7, 11) is 0. The maximum atomic E-state index is 4.89. The Bertz CT molecular complexity index is 273. The van der Waals surface area contributed by atoms with Gasteiger partial charge in [-0.1, -0.05) is 38.5 Å². The summed E-state index contributed by atoms with van der Waals surface area (Å²) in [6.45, 7) is 4.30. The summed E-state index contributed by atoms with van der Waals surface area (Å²) in [4.78, 5) is 9.77. The molecule has 2 saturated carbocycles.